The number of nitrogens with zero attached hydrogens (tertiary/aromatic N) is 1. The number of nitrogens with one attached hydrogen (secondary N) is 2. The summed E-state index contributed by atoms with van der Waals surface area (Å²) in [4.78, 5) is 14.4. The van der Waals surface area contributed by atoms with Crippen molar-refractivity contribution >= 4 is 11.7 Å². The van der Waals surface area contributed by atoms with Crippen LogP contribution in [0.2, 0.25) is 0 Å². The average molecular weight is 528 g/mol. The first-order valence-corrected chi connectivity index (χ1v) is 12.1. The first-order chi connectivity index (χ1) is 17.5. The molecule has 37 heavy (non-hydrogen) atoms. The van der Waals surface area contributed by atoms with Gasteiger partial charge in [-0.05, 0) is 62.1 Å². The molecule has 2 aromatic carbocycles. The smallest absolute Gasteiger partial charge is 0.390 e. The first kappa shape index (κ1) is 27.0. The van der Waals surface area contributed by atoms with Crippen molar-refractivity contribution in [2.75, 3.05) is 32.6 Å². The molecule has 2 aromatic rings. The molecule has 2 fully saturated rings. The normalized spacial score (nSPS) is 23.9. The second-order valence-electron chi connectivity index (χ2n) is 9.59. The van der Waals surface area contributed by atoms with Gasteiger partial charge in [0.25, 0.3) is 0 Å². The van der Waals surface area contributed by atoms with Crippen LogP contribution < -0.4 is 20.1 Å². The van der Waals surface area contributed by atoms with Gasteiger partial charge in [0.1, 0.15) is 0 Å². The number of rotatable bonds is 7. The Labute approximate surface area is 212 Å². The molecule has 0 bridgehead atoms. The van der Waals surface area contributed by atoms with Crippen molar-refractivity contribution in [3.8, 4) is 11.5 Å². The van der Waals surface area contributed by atoms with Crippen molar-refractivity contribution in [2.24, 2.45) is 0 Å². The lowest BCUT2D eigenvalue weighted by atomic mass is 9.65. The minimum atomic E-state index is -4.27. The van der Waals surface area contributed by atoms with Crippen LogP contribution in [0.1, 0.15) is 37.7 Å². The number of carbonyl (C=O) groups excluding carboxylic acids is 1. The predicted octanol–water partition coefficient (Wildman–Crippen LogP) is 5.62. The number of amides is 2. The Morgan fingerprint density at radius 2 is 1.81 bits per heavy atom. The van der Waals surface area contributed by atoms with E-state index >= 15 is 0 Å². The molecular weight excluding hydrogens is 497 g/mol. The average Bonchev–Trinajstić information content (AvgIpc) is 3.23. The number of fused-ring (bicyclic) bond motifs is 1. The van der Waals surface area contributed by atoms with Gasteiger partial charge in [-0.3, -0.25) is 4.90 Å². The number of methoxy groups -OCH3 is 2. The number of alkyl halides is 3. The Morgan fingerprint density at radius 1 is 1.05 bits per heavy atom. The van der Waals surface area contributed by atoms with E-state index in [1.807, 2.05) is 17.0 Å². The van der Waals surface area contributed by atoms with Gasteiger partial charge in [0.05, 0.1) is 20.6 Å². The second-order valence-corrected chi connectivity index (χ2v) is 9.59. The van der Waals surface area contributed by atoms with E-state index in [2.05, 4.69) is 10.6 Å². The topological polar surface area (TPSA) is 62.8 Å². The molecule has 0 spiro atoms. The summed E-state index contributed by atoms with van der Waals surface area (Å²) in [5.41, 5.74) is 0.661. The SMILES string of the molecule is COc1ccc([C@@]23CC[C@@H](NC(=O)Nc4ccc(F)c(F)c4)C[C@@H]2N(CCC(F)(F)F)CC3)cc1OC. The first-order valence-electron chi connectivity index (χ1n) is 12.1. The standard InChI is InChI=1S/C26H30F5N3O3/c1-36-21-6-3-16(13-22(21)37-2)25-8-7-18(15-23(25)34(11-9-25)12-10-26(29,30)31)33-24(35)32-17-4-5-19(27)20(28)14-17/h3-6,13-14,18,23H,7-12,15H2,1-2H3,(H2,32,33,35)/t18-,23+,25+/m1/s1. The highest BCUT2D eigenvalue weighted by atomic mass is 19.4. The molecule has 3 atom stereocenters. The maximum Gasteiger partial charge on any atom is 0.390 e. The van der Waals surface area contributed by atoms with Crippen LogP contribution in [-0.4, -0.2) is 56.5 Å². The molecule has 1 saturated heterocycles. The number of halogens is 5. The zero-order chi connectivity index (χ0) is 26.8. The van der Waals surface area contributed by atoms with Crippen LogP contribution in [0, 0.1) is 11.6 Å². The largest absolute Gasteiger partial charge is 0.493 e. The molecule has 1 saturated carbocycles. The van der Waals surface area contributed by atoms with E-state index in [-0.39, 0.29) is 24.3 Å². The monoisotopic (exact) mass is 527 g/mol. The quantitative estimate of drug-likeness (QED) is 0.459. The van der Waals surface area contributed by atoms with E-state index in [1.54, 1.807) is 6.07 Å². The zero-order valence-electron chi connectivity index (χ0n) is 20.6. The lowest BCUT2D eigenvalue weighted by Gasteiger charge is -2.45. The van der Waals surface area contributed by atoms with Crippen LogP contribution in [-0.2, 0) is 5.41 Å². The Hall–Kier alpha value is -3.08. The Bertz CT molecular complexity index is 1130. The van der Waals surface area contributed by atoms with Gasteiger partial charge >= 0.3 is 12.2 Å². The van der Waals surface area contributed by atoms with Gasteiger partial charge in [0.15, 0.2) is 23.1 Å². The van der Waals surface area contributed by atoms with Crippen LogP contribution in [0.3, 0.4) is 0 Å². The number of hydrogen-bond donors (Lipinski definition) is 2. The summed E-state index contributed by atoms with van der Waals surface area (Å²) in [7, 11) is 3.07. The van der Waals surface area contributed by atoms with E-state index in [1.165, 1.54) is 20.3 Å². The summed E-state index contributed by atoms with van der Waals surface area (Å²) in [5.74, 6) is -0.991. The van der Waals surface area contributed by atoms with E-state index < -0.39 is 35.7 Å². The highest BCUT2D eigenvalue weighted by Crippen LogP contribution is 2.50. The van der Waals surface area contributed by atoms with E-state index in [0.717, 1.165) is 17.7 Å². The minimum absolute atomic E-state index is 0.0968. The Morgan fingerprint density at radius 3 is 2.49 bits per heavy atom. The van der Waals surface area contributed by atoms with Gasteiger partial charge in [-0.2, -0.15) is 13.2 Å². The van der Waals surface area contributed by atoms with Crippen molar-refractivity contribution in [3.05, 3.63) is 53.6 Å². The molecule has 11 heteroatoms. The highest BCUT2D eigenvalue weighted by Gasteiger charge is 2.52. The second kappa shape index (κ2) is 10.7. The molecule has 2 amide bonds. The molecule has 1 heterocycles. The summed E-state index contributed by atoms with van der Waals surface area (Å²) >= 11 is 0. The number of benzene rings is 2. The lowest BCUT2D eigenvalue weighted by molar-refractivity contribution is -0.138. The molecule has 2 aliphatic rings. The minimum Gasteiger partial charge on any atom is -0.493 e. The van der Waals surface area contributed by atoms with Crippen LogP contribution in [0.15, 0.2) is 36.4 Å². The van der Waals surface area contributed by atoms with Crippen LogP contribution in [0.25, 0.3) is 0 Å². The number of anilines is 1. The van der Waals surface area contributed by atoms with Gasteiger partial charge in [-0.1, -0.05) is 6.07 Å². The third kappa shape index (κ3) is 5.92. The molecule has 202 valence electrons. The summed E-state index contributed by atoms with van der Waals surface area (Å²) in [5, 5.41) is 5.35. The van der Waals surface area contributed by atoms with E-state index in [0.29, 0.717) is 43.7 Å². The third-order valence-corrected chi connectivity index (χ3v) is 7.52. The van der Waals surface area contributed by atoms with E-state index in [4.69, 9.17) is 9.47 Å². The van der Waals surface area contributed by atoms with Crippen molar-refractivity contribution < 1.29 is 36.2 Å². The van der Waals surface area contributed by atoms with Crippen molar-refractivity contribution in [1.29, 1.82) is 0 Å². The number of carbonyl (C=O) groups is 1. The van der Waals surface area contributed by atoms with Crippen molar-refractivity contribution in [1.82, 2.24) is 10.2 Å². The van der Waals surface area contributed by atoms with Crippen LogP contribution in [0.4, 0.5) is 32.4 Å². The molecule has 6 nitrogen and oxygen atoms in total. The summed E-state index contributed by atoms with van der Waals surface area (Å²) < 4.78 is 76.7. The molecule has 1 aliphatic heterocycles. The molecule has 1 aliphatic carbocycles. The maximum absolute atomic E-state index is 13.5. The van der Waals surface area contributed by atoms with Crippen LogP contribution >= 0.6 is 0 Å². The molecular formula is C26H30F5N3O3. The number of likely N-dealkylation sites (tertiary alicyclic amines) is 1. The van der Waals surface area contributed by atoms with Gasteiger partial charge in [0, 0.05) is 35.8 Å². The highest BCUT2D eigenvalue weighted by molar-refractivity contribution is 5.89. The van der Waals surface area contributed by atoms with Gasteiger partial charge in [-0.25, -0.2) is 13.6 Å². The Kier molecular flexibility index (Phi) is 7.82. The fraction of sp³-hybridized carbons (Fsp3) is 0.500. The fourth-order valence-corrected chi connectivity index (χ4v) is 5.72. The molecule has 0 aromatic heterocycles. The number of hydrogen-bond acceptors (Lipinski definition) is 4. The maximum atomic E-state index is 13.5. The molecule has 0 unspecified atom stereocenters. The lowest BCUT2D eigenvalue weighted by Crippen LogP contribution is -2.53. The van der Waals surface area contributed by atoms with Crippen molar-refractivity contribution in [2.45, 2.75) is 55.8 Å². The van der Waals surface area contributed by atoms with Gasteiger partial charge < -0.3 is 20.1 Å². The van der Waals surface area contributed by atoms with Crippen LogP contribution in [0.5, 0.6) is 11.5 Å². The number of urea groups is 1. The summed E-state index contributed by atoms with van der Waals surface area (Å²) in [6.45, 7) is 0.375. The zero-order valence-corrected chi connectivity index (χ0v) is 20.6. The van der Waals surface area contributed by atoms with Gasteiger partial charge in [-0.15, -0.1) is 0 Å². The number of ether oxygens (including phenoxy) is 2. The molecule has 4 rings (SSSR count). The third-order valence-electron chi connectivity index (χ3n) is 7.52. The fourth-order valence-electron chi connectivity index (χ4n) is 5.72. The summed E-state index contributed by atoms with van der Waals surface area (Å²) in [6, 6.07) is 7.54. The van der Waals surface area contributed by atoms with E-state index in [9.17, 15) is 26.7 Å². The molecule has 2 N–H and O–H groups in total. The predicted molar refractivity (Wildman–Crippen MR) is 128 cm³/mol. The summed E-state index contributed by atoms with van der Waals surface area (Å²) in [6.07, 6.45) is -2.82. The molecule has 0 radical (unpaired) electrons. The van der Waals surface area contributed by atoms with Gasteiger partial charge in [0.2, 0.25) is 0 Å². The van der Waals surface area contributed by atoms with Crippen molar-refractivity contribution in [3.63, 3.8) is 0 Å². The Balaban J connectivity index is 1.54.